The summed E-state index contributed by atoms with van der Waals surface area (Å²) in [6, 6.07) is -0.887. The molecular formula is C21H28N4O4S2. The zero-order valence-electron chi connectivity index (χ0n) is 17.8. The molecule has 1 fully saturated rings. The third-order valence-electron chi connectivity index (χ3n) is 5.79. The van der Waals surface area contributed by atoms with Crippen molar-refractivity contribution in [3.05, 3.63) is 20.8 Å². The number of nitrogens with one attached hydrogen (secondary N) is 1. The van der Waals surface area contributed by atoms with Crippen LogP contribution in [0, 0.1) is 5.92 Å². The van der Waals surface area contributed by atoms with E-state index in [9.17, 15) is 14.4 Å². The van der Waals surface area contributed by atoms with E-state index in [1.54, 1.807) is 15.9 Å². The van der Waals surface area contributed by atoms with Gasteiger partial charge in [0.1, 0.15) is 4.83 Å². The molecule has 10 heteroatoms. The first-order chi connectivity index (χ1) is 14.8. The van der Waals surface area contributed by atoms with Crippen LogP contribution in [0.4, 0.5) is 4.79 Å². The van der Waals surface area contributed by atoms with E-state index < -0.39 is 17.2 Å². The average molecular weight is 465 g/mol. The standard InChI is InChI=1S/C21H28N4O4S2/c1-11(2)16(17(26)23-20(22)28)31-21-24-18-15(13-7-3-4-8-14(13)30-18)19(27)25(21)10-12-6-5-9-29-12/h11-12,16H,3-10H2,1-2H3,(H3,22,23,26,28). The van der Waals surface area contributed by atoms with E-state index in [2.05, 4.69) is 5.32 Å². The molecule has 0 bridgehead atoms. The number of urea groups is 1. The minimum atomic E-state index is -0.887. The molecule has 3 heterocycles. The van der Waals surface area contributed by atoms with Crippen LogP contribution in [-0.2, 0) is 28.9 Å². The van der Waals surface area contributed by atoms with Gasteiger partial charge in [-0.15, -0.1) is 11.3 Å². The van der Waals surface area contributed by atoms with E-state index in [1.807, 2.05) is 13.8 Å². The van der Waals surface area contributed by atoms with Gasteiger partial charge >= 0.3 is 6.03 Å². The third-order valence-corrected chi connectivity index (χ3v) is 8.51. The minimum Gasteiger partial charge on any atom is -0.376 e. The Bertz CT molecular complexity index is 1060. The molecule has 2 atom stereocenters. The fourth-order valence-corrected chi connectivity index (χ4v) is 6.66. The Balaban J connectivity index is 1.79. The lowest BCUT2D eigenvalue weighted by Crippen LogP contribution is -2.42. The Labute approximate surface area is 188 Å². The van der Waals surface area contributed by atoms with Gasteiger partial charge in [0, 0.05) is 11.5 Å². The normalized spacial score (nSPS) is 19.5. The molecule has 0 spiro atoms. The summed E-state index contributed by atoms with van der Waals surface area (Å²) in [6.45, 7) is 4.89. The number of rotatable bonds is 6. The number of ether oxygens (including phenoxy) is 1. The number of hydrogen-bond donors (Lipinski definition) is 2. The van der Waals surface area contributed by atoms with E-state index in [1.165, 1.54) is 16.6 Å². The molecule has 31 heavy (non-hydrogen) atoms. The number of carbonyl (C=O) groups is 2. The summed E-state index contributed by atoms with van der Waals surface area (Å²) in [5, 5.41) is 2.78. The predicted molar refractivity (Wildman–Crippen MR) is 122 cm³/mol. The molecule has 2 aliphatic rings. The molecule has 3 N–H and O–H groups in total. The minimum absolute atomic E-state index is 0.0392. The number of aromatic nitrogens is 2. The Morgan fingerprint density at radius 2 is 2.10 bits per heavy atom. The highest BCUT2D eigenvalue weighted by atomic mass is 32.2. The first-order valence-corrected chi connectivity index (χ1v) is 12.5. The molecule has 2 aromatic heterocycles. The van der Waals surface area contributed by atoms with E-state index >= 15 is 0 Å². The van der Waals surface area contributed by atoms with Crippen LogP contribution in [0.5, 0.6) is 0 Å². The van der Waals surface area contributed by atoms with Gasteiger partial charge in [0.2, 0.25) is 5.91 Å². The number of aryl methyl sites for hydroxylation is 2. The van der Waals surface area contributed by atoms with E-state index in [0.29, 0.717) is 18.3 Å². The molecule has 2 unspecified atom stereocenters. The summed E-state index contributed by atoms with van der Waals surface area (Å²) in [4.78, 5) is 44.3. The second kappa shape index (κ2) is 9.30. The lowest BCUT2D eigenvalue weighted by Gasteiger charge is -2.21. The lowest BCUT2D eigenvalue weighted by molar-refractivity contribution is -0.120. The van der Waals surface area contributed by atoms with Crippen molar-refractivity contribution < 1.29 is 14.3 Å². The Kier molecular flexibility index (Phi) is 6.68. The van der Waals surface area contributed by atoms with Crippen LogP contribution in [-0.4, -0.2) is 39.5 Å². The molecule has 1 aliphatic carbocycles. The van der Waals surface area contributed by atoms with Gasteiger partial charge in [0.25, 0.3) is 5.56 Å². The summed E-state index contributed by atoms with van der Waals surface area (Å²) in [6.07, 6.45) is 5.95. The molecule has 168 valence electrons. The molecule has 4 rings (SSSR count). The Morgan fingerprint density at radius 1 is 1.32 bits per heavy atom. The van der Waals surface area contributed by atoms with Crippen LogP contribution in [0.3, 0.4) is 0 Å². The van der Waals surface area contributed by atoms with Gasteiger partial charge in [-0.05, 0) is 50.0 Å². The molecule has 0 radical (unpaired) electrons. The maximum absolute atomic E-state index is 13.7. The molecule has 8 nitrogen and oxygen atoms in total. The largest absolute Gasteiger partial charge is 0.376 e. The molecule has 2 aromatic rings. The van der Waals surface area contributed by atoms with Crippen molar-refractivity contribution in [2.24, 2.45) is 11.7 Å². The number of imide groups is 1. The maximum atomic E-state index is 13.7. The summed E-state index contributed by atoms with van der Waals surface area (Å²) < 4.78 is 7.47. The van der Waals surface area contributed by atoms with Crippen LogP contribution < -0.4 is 16.6 Å². The zero-order chi connectivity index (χ0) is 22.1. The van der Waals surface area contributed by atoms with Crippen LogP contribution in [0.1, 0.15) is 50.0 Å². The van der Waals surface area contributed by atoms with Crippen molar-refractivity contribution in [3.63, 3.8) is 0 Å². The van der Waals surface area contributed by atoms with Crippen LogP contribution >= 0.6 is 23.1 Å². The summed E-state index contributed by atoms with van der Waals surface area (Å²) >= 11 is 2.81. The number of carbonyl (C=O) groups excluding carboxylic acids is 2. The Hall–Kier alpha value is -1.91. The van der Waals surface area contributed by atoms with E-state index in [-0.39, 0.29) is 17.6 Å². The monoisotopic (exact) mass is 464 g/mol. The number of nitrogens with zero attached hydrogens (tertiary/aromatic N) is 2. The van der Waals surface area contributed by atoms with Gasteiger partial charge < -0.3 is 10.5 Å². The fourth-order valence-electron chi connectivity index (χ4n) is 4.26. The number of nitrogens with two attached hydrogens (primary N) is 1. The number of hydrogen-bond acceptors (Lipinski definition) is 7. The summed E-state index contributed by atoms with van der Waals surface area (Å²) in [5.74, 6) is -0.569. The van der Waals surface area contributed by atoms with Crippen LogP contribution in [0.25, 0.3) is 10.2 Å². The van der Waals surface area contributed by atoms with Crippen LogP contribution in [0.2, 0.25) is 0 Å². The fraction of sp³-hybridized carbons (Fsp3) is 0.619. The summed E-state index contributed by atoms with van der Waals surface area (Å²) in [7, 11) is 0. The van der Waals surface area contributed by atoms with Crippen molar-refractivity contribution in [2.75, 3.05) is 6.61 Å². The molecule has 3 amide bonds. The van der Waals surface area contributed by atoms with Crippen molar-refractivity contribution in [2.45, 2.75) is 75.4 Å². The highest BCUT2D eigenvalue weighted by Gasteiger charge is 2.30. The van der Waals surface area contributed by atoms with Crippen molar-refractivity contribution in [1.29, 1.82) is 0 Å². The van der Waals surface area contributed by atoms with E-state index in [0.717, 1.165) is 54.3 Å². The van der Waals surface area contributed by atoms with Gasteiger partial charge in [-0.1, -0.05) is 25.6 Å². The smallest absolute Gasteiger partial charge is 0.318 e. The second-order valence-electron chi connectivity index (χ2n) is 8.47. The molecular weight excluding hydrogens is 436 g/mol. The quantitative estimate of drug-likeness (QED) is 0.502. The van der Waals surface area contributed by atoms with Gasteiger partial charge in [0.05, 0.1) is 23.3 Å². The number of primary amides is 1. The average Bonchev–Trinajstić information content (AvgIpc) is 3.35. The predicted octanol–water partition coefficient (Wildman–Crippen LogP) is 2.83. The number of fused-ring (bicyclic) bond motifs is 3. The first-order valence-electron chi connectivity index (χ1n) is 10.8. The lowest BCUT2D eigenvalue weighted by atomic mass is 9.97. The molecule has 0 aromatic carbocycles. The van der Waals surface area contributed by atoms with Gasteiger partial charge in [-0.25, -0.2) is 9.78 Å². The van der Waals surface area contributed by atoms with Crippen molar-refractivity contribution in [1.82, 2.24) is 14.9 Å². The number of thioether (sulfide) groups is 1. The van der Waals surface area contributed by atoms with Crippen LogP contribution in [0.15, 0.2) is 9.95 Å². The number of thiophene rings is 1. The van der Waals surface area contributed by atoms with Gasteiger partial charge in [0.15, 0.2) is 5.16 Å². The topological polar surface area (TPSA) is 116 Å². The van der Waals surface area contributed by atoms with Gasteiger partial charge in [-0.2, -0.15) is 0 Å². The third kappa shape index (κ3) is 4.65. The first kappa shape index (κ1) is 22.3. The maximum Gasteiger partial charge on any atom is 0.318 e. The highest BCUT2D eigenvalue weighted by Crippen LogP contribution is 2.36. The van der Waals surface area contributed by atoms with E-state index in [4.69, 9.17) is 15.5 Å². The highest BCUT2D eigenvalue weighted by molar-refractivity contribution is 8.00. The van der Waals surface area contributed by atoms with Crippen molar-refractivity contribution >= 4 is 45.3 Å². The van der Waals surface area contributed by atoms with Crippen molar-refractivity contribution in [3.8, 4) is 0 Å². The SMILES string of the molecule is CC(C)C(Sc1nc2sc3c(c2c(=O)n1CC1CCCO1)CCCC3)C(=O)NC(N)=O. The number of amides is 3. The zero-order valence-corrected chi connectivity index (χ0v) is 19.4. The second-order valence-corrected chi connectivity index (χ2v) is 10.7. The molecule has 1 aliphatic heterocycles. The molecule has 1 saturated heterocycles. The summed E-state index contributed by atoms with van der Waals surface area (Å²) in [5.41, 5.74) is 6.24. The Morgan fingerprint density at radius 3 is 2.77 bits per heavy atom. The molecule has 0 saturated carbocycles. The van der Waals surface area contributed by atoms with Gasteiger partial charge in [-0.3, -0.25) is 19.5 Å².